The zero-order valence-corrected chi connectivity index (χ0v) is 37.4. The first-order valence-electron chi connectivity index (χ1n) is 21.9. The number of amides is 3. The van der Waals surface area contributed by atoms with Crippen molar-refractivity contribution in [2.75, 3.05) is 32.1 Å². The van der Waals surface area contributed by atoms with Crippen LogP contribution in [0.5, 0.6) is 5.75 Å². The lowest BCUT2D eigenvalue weighted by Gasteiger charge is -2.38. The molecule has 0 spiro atoms. The van der Waals surface area contributed by atoms with E-state index in [1.807, 2.05) is 0 Å². The van der Waals surface area contributed by atoms with Crippen molar-refractivity contribution in [1.29, 1.82) is 0 Å². The number of carboxylic acid groups (broad SMARTS) is 1. The van der Waals surface area contributed by atoms with Crippen molar-refractivity contribution in [3.63, 3.8) is 0 Å². The average Bonchev–Trinajstić information content (AvgIpc) is 3.69. The number of aromatic nitrogens is 2. The Labute approximate surface area is 391 Å². The van der Waals surface area contributed by atoms with Gasteiger partial charge >= 0.3 is 18.0 Å². The van der Waals surface area contributed by atoms with E-state index in [4.69, 9.17) is 35.1 Å². The molecule has 69 heavy (non-hydrogen) atoms. The minimum absolute atomic E-state index is 0.00384. The maximum Gasteiger partial charge on any atom is 0.407 e. The molecule has 7 N–H and O–H groups in total. The lowest BCUT2D eigenvalue weighted by Crippen LogP contribution is -2.61. The minimum Gasteiger partial charge on any atom is -0.479 e. The summed E-state index contributed by atoms with van der Waals surface area (Å²) in [7, 11) is 1.38. The number of terminal acetylenes is 1. The SMILES string of the molecule is C#CCOCCC(=O)N(C)CC(=O)Nc1cc(COC(=O)N[C@@H]2CCc3c(C)c(F)cc4nc5c(c2c34)Cn2c-5cc3c(c2=O)COC(=O)[C@@]3(O)CC)ccc1O[C@H]1OC(C(=O)O)[C@@H](O)C(O)C1O. The fraction of sp³-hybridized carbons (Fsp3) is 0.426. The summed E-state index contributed by atoms with van der Waals surface area (Å²) in [5.41, 5.74) is 0.883. The number of esters is 1. The molecular weight excluding hydrogens is 910 g/mol. The second kappa shape index (κ2) is 19.2. The number of aliphatic hydroxyl groups is 4. The number of carbonyl (C=O) groups is 5. The number of carbonyl (C=O) groups excluding carboxylic acids is 4. The summed E-state index contributed by atoms with van der Waals surface area (Å²) in [5.74, 6) is -2.17. The van der Waals surface area contributed by atoms with Gasteiger partial charge in [-0.1, -0.05) is 18.9 Å². The first-order valence-corrected chi connectivity index (χ1v) is 21.9. The molecule has 1 fully saturated rings. The highest BCUT2D eigenvalue weighted by Gasteiger charge is 2.49. The number of ether oxygens (including phenoxy) is 5. The molecule has 0 bridgehead atoms. The maximum atomic E-state index is 15.4. The van der Waals surface area contributed by atoms with Gasteiger partial charge in [-0.25, -0.2) is 23.8 Å². The number of hydrogen-bond donors (Lipinski definition) is 7. The van der Waals surface area contributed by atoms with E-state index in [0.717, 1.165) is 4.90 Å². The summed E-state index contributed by atoms with van der Waals surface area (Å²) in [6.07, 6.45) is -5.07. The van der Waals surface area contributed by atoms with Crippen LogP contribution >= 0.6 is 0 Å². The highest BCUT2D eigenvalue weighted by Crippen LogP contribution is 2.46. The van der Waals surface area contributed by atoms with Crippen molar-refractivity contribution in [3.05, 3.63) is 85.4 Å². The van der Waals surface area contributed by atoms with Crippen molar-refractivity contribution >= 4 is 46.4 Å². The van der Waals surface area contributed by atoms with E-state index in [9.17, 15) is 54.3 Å². The number of pyridine rings is 2. The molecular formula is C47H48FN5O16. The van der Waals surface area contributed by atoms with Crippen molar-refractivity contribution in [3.8, 4) is 29.5 Å². The predicted octanol–water partition coefficient (Wildman–Crippen LogP) is 1.15. The van der Waals surface area contributed by atoms with Crippen LogP contribution in [0.15, 0.2) is 35.1 Å². The fourth-order valence-corrected chi connectivity index (χ4v) is 9.15. The fourth-order valence-electron chi connectivity index (χ4n) is 9.15. The van der Waals surface area contributed by atoms with Crippen LogP contribution in [-0.4, -0.2) is 127 Å². The van der Waals surface area contributed by atoms with Crippen molar-refractivity contribution < 1.29 is 77.6 Å². The van der Waals surface area contributed by atoms with Gasteiger partial charge in [0.25, 0.3) is 5.56 Å². The summed E-state index contributed by atoms with van der Waals surface area (Å²) in [5, 5.41) is 58.2. The summed E-state index contributed by atoms with van der Waals surface area (Å²) < 4.78 is 44.0. The number of nitrogens with zero attached hydrogens (tertiary/aromatic N) is 3. The number of benzene rings is 2. The van der Waals surface area contributed by atoms with E-state index < -0.39 is 96.7 Å². The molecule has 0 radical (unpaired) electrons. The number of anilines is 1. The van der Waals surface area contributed by atoms with Gasteiger partial charge < -0.3 is 69.3 Å². The molecule has 8 rings (SSSR count). The molecule has 1 saturated heterocycles. The Kier molecular flexibility index (Phi) is 13.5. The zero-order valence-electron chi connectivity index (χ0n) is 37.4. The van der Waals surface area contributed by atoms with Crippen molar-refractivity contribution in [2.45, 2.75) is 102 Å². The second-order valence-corrected chi connectivity index (χ2v) is 17.1. The smallest absolute Gasteiger partial charge is 0.407 e. The van der Waals surface area contributed by atoms with Crippen LogP contribution in [0, 0.1) is 25.1 Å². The van der Waals surface area contributed by atoms with E-state index in [2.05, 4.69) is 16.6 Å². The van der Waals surface area contributed by atoms with Gasteiger partial charge in [0.2, 0.25) is 18.1 Å². The molecule has 5 heterocycles. The molecule has 3 amide bonds. The molecule has 7 atom stereocenters. The van der Waals surface area contributed by atoms with Gasteiger partial charge in [0, 0.05) is 29.6 Å². The van der Waals surface area contributed by atoms with Crippen LogP contribution in [0.4, 0.5) is 14.9 Å². The molecule has 4 aliphatic rings. The number of nitrogens with one attached hydrogen (secondary N) is 2. The predicted molar refractivity (Wildman–Crippen MR) is 236 cm³/mol. The van der Waals surface area contributed by atoms with E-state index in [1.54, 1.807) is 13.8 Å². The Bertz CT molecular complexity index is 2900. The van der Waals surface area contributed by atoms with Gasteiger partial charge in [0.15, 0.2) is 11.7 Å². The van der Waals surface area contributed by atoms with Gasteiger partial charge in [0.1, 0.15) is 49.7 Å². The molecule has 3 aliphatic heterocycles. The van der Waals surface area contributed by atoms with Crippen LogP contribution in [0.25, 0.3) is 22.3 Å². The molecule has 2 aromatic heterocycles. The van der Waals surface area contributed by atoms with E-state index in [0.29, 0.717) is 45.4 Å². The van der Waals surface area contributed by atoms with E-state index in [-0.39, 0.29) is 79.3 Å². The largest absolute Gasteiger partial charge is 0.479 e. The number of fused-ring (bicyclic) bond motifs is 5. The molecule has 3 unspecified atom stereocenters. The van der Waals surface area contributed by atoms with Gasteiger partial charge in [0.05, 0.1) is 60.3 Å². The molecule has 2 aromatic carbocycles. The number of aliphatic hydroxyl groups excluding tert-OH is 3. The number of hydrogen-bond acceptors (Lipinski definition) is 16. The number of halogens is 1. The molecule has 21 nitrogen and oxygen atoms in total. The zero-order chi connectivity index (χ0) is 49.6. The number of likely N-dealkylation sites (N-methyl/N-ethyl adjacent to an activating group) is 1. The van der Waals surface area contributed by atoms with Crippen molar-refractivity contribution in [2.24, 2.45) is 0 Å². The number of aliphatic carboxylic acids is 1. The summed E-state index contributed by atoms with van der Waals surface area (Å²) in [4.78, 5) is 84.2. The van der Waals surface area contributed by atoms with Gasteiger partial charge in [-0.3, -0.25) is 14.4 Å². The van der Waals surface area contributed by atoms with Gasteiger partial charge in [-0.15, -0.1) is 6.42 Å². The number of cyclic esters (lactones) is 1. The van der Waals surface area contributed by atoms with Crippen LogP contribution in [0.3, 0.4) is 0 Å². The monoisotopic (exact) mass is 957 g/mol. The lowest BCUT2D eigenvalue weighted by molar-refractivity contribution is -0.271. The maximum absolute atomic E-state index is 15.4. The van der Waals surface area contributed by atoms with E-state index >= 15 is 4.39 Å². The number of aryl methyl sites for hydroxylation is 1. The lowest BCUT2D eigenvalue weighted by atomic mass is 9.81. The first kappa shape index (κ1) is 48.5. The van der Waals surface area contributed by atoms with E-state index in [1.165, 1.54) is 41.9 Å². The minimum atomic E-state index is -2.08. The summed E-state index contributed by atoms with van der Waals surface area (Å²) in [6, 6.07) is 6.12. The van der Waals surface area contributed by atoms with Crippen LogP contribution < -0.4 is 20.9 Å². The Balaban J connectivity index is 1.05. The van der Waals surface area contributed by atoms with Crippen LogP contribution in [0.2, 0.25) is 0 Å². The summed E-state index contributed by atoms with van der Waals surface area (Å²) >= 11 is 0. The Morgan fingerprint density at radius 3 is 2.58 bits per heavy atom. The number of carboxylic acids is 1. The Morgan fingerprint density at radius 1 is 1.09 bits per heavy atom. The molecule has 22 heteroatoms. The number of rotatable bonds is 14. The third kappa shape index (κ3) is 8.95. The second-order valence-electron chi connectivity index (χ2n) is 17.1. The molecule has 4 aromatic rings. The Morgan fingerprint density at radius 2 is 1.86 bits per heavy atom. The highest BCUT2D eigenvalue weighted by atomic mass is 19.1. The Hall–Kier alpha value is -7.00. The van der Waals surface area contributed by atoms with Crippen LogP contribution in [0.1, 0.15) is 71.2 Å². The third-order valence-corrected chi connectivity index (χ3v) is 12.9. The highest BCUT2D eigenvalue weighted by molar-refractivity contribution is 5.96. The number of alkyl carbamates (subject to hydrolysis) is 1. The molecule has 1 aliphatic carbocycles. The molecule has 364 valence electrons. The standard InChI is InChI=1S/C47H48FN5O16/c1-5-12-65-13-11-34(55)52(4)18-33(54)49-29-14-22(7-10-32(29)68-44-40(58)38(56)39(57)41(69-44)43(60)61)19-67-46(63)51-28-9-8-23-21(3)27(48)16-30-35(23)36(28)24-17-53-31(37(24)50-30)15-26-25(42(53)59)20-66-45(62)47(26,64)6-2/h1,7,10,14-16,28,38-41,44,56-58,64H,6,8-9,11-13,17-20H2,2-4H3,(H,49,54)(H,51,63)(H,60,61)/t28-,38?,39+,40?,41?,44+,47-/m1/s1. The average molecular weight is 958 g/mol. The quantitative estimate of drug-likeness (QED) is 0.0467. The first-order chi connectivity index (χ1) is 32.9. The van der Waals surface area contributed by atoms with Crippen molar-refractivity contribution in [1.82, 2.24) is 19.8 Å². The van der Waals surface area contributed by atoms with Crippen LogP contribution in [-0.2, 0) is 69.9 Å². The van der Waals surface area contributed by atoms with Gasteiger partial charge in [-0.05, 0) is 66.6 Å². The molecule has 0 saturated carbocycles. The third-order valence-electron chi connectivity index (χ3n) is 12.9. The summed E-state index contributed by atoms with van der Waals surface area (Å²) in [6.45, 7) is 2.02. The topological polar surface area (TPSA) is 295 Å². The normalized spacial score (nSPS) is 23.1. The van der Waals surface area contributed by atoms with Gasteiger partial charge in [-0.2, -0.15) is 0 Å².